The molecule has 8 nitrogen and oxygen atoms in total. The third kappa shape index (κ3) is 4.94. The van der Waals surface area contributed by atoms with Gasteiger partial charge >= 0.3 is 0 Å². The molecular formula is C25H29N3O5. The number of rotatable bonds is 7. The van der Waals surface area contributed by atoms with E-state index in [4.69, 9.17) is 9.47 Å². The van der Waals surface area contributed by atoms with Crippen molar-refractivity contribution in [1.29, 1.82) is 0 Å². The predicted octanol–water partition coefficient (Wildman–Crippen LogP) is 2.89. The summed E-state index contributed by atoms with van der Waals surface area (Å²) >= 11 is 0. The lowest BCUT2D eigenvalue weighted by molar-refractivity contribution is -0.126. The zero-order valence-corrected chi connectivity index (χ0v) is 19.0. The van der Waals surface area contributed by atoms with Crippen LogP contribution in [0.5, 0.6) is 11.5 Å². The number of benzene rings is 2. The second-order valence-corrected chi connectivity index (χ2v) is 8.33. The Hall–Kier alpha value is -3.55. The lowest BCUT2D eigenvalue weighted by Gasteiger charge is -2.27. The van der Waals surface area contributed by atoms with Gasteiger partial charge in [0.15, 0.2) is 11.5 Å². The topological polar surface area (TPSA) is 88.2 Å². The first-order valence-corrected chi connectivity index (χ1v) is 11.2. The molecule has 2 heterocycles. The molecule has 0 spiro atoms. The van der Waals surface area contributed by atoms with Crippen LogP contribution in [0, 0.1) is 5.92 Å². The average Bonchev–Trinajstić information content (AvgIpc) is 3.24. The van der Waals surface area contributed by atoms with Crippen molar-refractivity contribution in [3.8, 4) is 11.5 Å². The minimum atomic E-state index is -0.433. The van der Waals surface area contributed by atoms with Crippen LogP contribution in [-0.4, -0.2) is 45.0 Å². The van der Waals surface area contributed by atoms with Crippen molar-refractivity contribution in [1.82, 2.24) is 5.32 Å². The van der Waals surface area contributed by atoms with Crippen LogP contribution in [-0.2, 0) is 20.9 Å². The van der Waals surface area contributed by atoms with Gasteiger partial charge < -0.3 is 24.6 Å². The summed E-state index contributed by atoms with van der Waals surface area (Å²) in [5.74, 6) is 0.553. The largest absolute Gasteiger partial charge is 0.493 e. The van der Waals surface area contributed by atoms with E-state index in [1.165, 1.54) is 0 Å². The fraction of sp³-hybridized carbons (Fsp3) is 0.400. The molecule has 1 atom stereocenters. The summed E-state index contributed by atoms with van der Waals surface area (Å²) in [6, 6.07) is 13.0. The van der Waals surface area contributed by atoms with Gasteiger partial charge in [0.25, 0.3) is 0 Å². The molecule has 2 aromatic rings. The van der Waals surface area contributed by atoms with Gasteiger partial charge in [-0.25, -0.2) is 0 Å². The Bertz CT molecular complexity index is 1050. The molecule has 2 aliphatic rings. The van der Waals surface area contributed by atoms with Crippen LogP contribution in [0.1, 0.15) is 31.2 Å². The second-order valence-electron chi connectivity index (χ2n) is 8.33. The van der Waals surface area contributed by atoms with Crippen molar-refractivity contribution in [3.05, 3.63) is 48.0 Å². The normalized spacial score (nSPS) is 18.4. The standard InChI is InChI=1S/C25H29N3O5/c1-32-21-10-9-20(14-22(21)33-2)28-16-18(13-24(28)30)25(31)26-15-17-6-5-7-19(12-17)27-11-4-3-8-23(27)29/h5-7,9-10,12,14,18H,3-4,8,11,13,15-16H2,1-2H3,(H,26,31). The summed E-state index contributed by atoms with van der Waals surface area (Å²) < 4.78 is 10.6. The SMILES string of the molecule is COc1ccc(N2CC(C(=O)NCc3cccc(N4CCCCC4=O)c3)CC2=O)cc1OC. The van der Waals surface area contributed by atoms with Crippen LogP contribution in [0.15, 0.2) is 42.5 Å². The number of carbonyl (C=O) groups is 3. The number of nitrogens with zero attached hydrogens (tertiary/aromatic N) is 2. The minimum absolute atomic E-state index is 0.104. The van der Waals surface area contributed by atoms with Gasteiger partial charge in [-0.3, -0.25) is 14.4 Å². The van der Waals surface area contributed by atoms with Gasteiger partial charge in [-0.1, -0.05) is 12.1 Å². The van der Waals surface area contributed by atoms with Crippen molar-refractivity contribution in [2.45, 2.75) is 32.2 Å². The van der Waals surface area contributed by atoms with Crippen molar-refractivity contribution >= 4 is 29.1 Å². The highest BCUT2D eigenvalue weighted by Crippen LogP contribution is 2.34. The van der Waals surface area contributed by atoms with E-state index in [9.17, 15) is 14.4 Å². The molecule has 1 unspecified atom stereocenters. The van der Waals surface area contributed by atoms with Crippen molar-refractivity contribution in [2.24, 2.45) is 5.92 Å². The van der Waals surface area contributed by atoms with E-state index in [0.717, 1.165) is 30.6 Å². The maximum atomic E-state index is 12.8. The van der Waals surface area contributed by atoms with E-state index in [2.05, 4.69) is 5.32 Å². The molecule has 0 saturated carbocycles. The molecule has 0 radical (unpaired) electrons. The van der Waals surface area contributed by atoms with Gasteiger partial charge in [0.05, 0.1) is 20.1 Å². The maximum Gasteiger partial charge on any atom is 0.227 e. The number of amides is 3. The molecule has 2 fully saturated rings. The molecule has 0 aromatic heterocycles. The number of anilines is 2. The maximum absolute atomic E-state index is 12.8. The highest BCUT2D eigenvalue weighted by Gasteiger charge is 2.35. The number of methoxy groups -OCH3 is 2. The summed E-state index contributed by atoms with van der Waals surface area (Å²) in [6.45, 7) is 1.38. The molecule has 3 amide bonds. The zero-order chi connectivity index (χ0) is 23.4. The number of ether oxygens (including phenoxy) is 2. The smallest absolute Gasteiger partial charge is 0.227 e. The summed E-state index contributed by atoms with van der Waals surface area (Å²) in [6.07, 6.45) is 2.67. The lowest BCUT2D eigenvalue weighted by Crippen LogP contribution is -2.35. The van der Waals surface area contributed by atoms with Crippen LogP contribution in [0.3, 0.4) is 0 Å². The second kappa shape index (κ2) is 9.94. The first-order chi connectivity index (χ1) is 16.0. The first kappa shape index (κ1) is 22.6. The van der Waals surface area contributed by atoms with E-state index in [-0.39, 0.29) is 24.1 Å². The number of carbonyl (C=O) groups excluding carboxylic acids is 3. The predicted molar refractivity (Wildman–Crippen MR) is 124 cm³/mol. The van der Waals surface area contributed by atoms with Crippen molar-refractivity contribution < 1.29 is 23.9 Å². The molecular weight excluding hydrogens is 422 g/mol. The molecule has 174 valence electrons. The van der Waals surface area contributed by atoms with E-state index in [1.807, 2.05) is 29.2 Å². The monoisotopic (exact) mass is 451 g/mol. The minimum Gasteiger partial charge on any atom is -0.493 e. The third-order valence-electron chi connectivity index (χ3n) is 6.19. The number of hydrogen-bond acceptors (Lipinski definition) is 5. The van der Waals surface area contributed by atoms with E-state index in [0.29, 0.717) is 36.7 Å². The lowest BCUT2D eigenvalue weighted by atomic mass is 10.1. The van der Waals surface area contributed by atoms with Gasteiger partial charge in [0.2, 0.25) is 17.7 Å². The zero-order valence-electron chi connectivity index (χ0n) is 19.0. The van der Waals surface area contributed by atoms with Crippen LogP contribution in [0.2, 0.25) is 0 Å². The Morgan fingerprint density at radius 1 is 0.970 bits per heavy atom. The third-order valence-corrected chi connectivity index (χ3v) is 6.19. The first-order valence-electron chi connectivity index (χ1n) is 11.2. The van der Waals surface area contributed by atoms with E-state index >= 15 is 0 Å². The van der Waals surface area contributed by atoms with Gasteiger partial charge in [-0.2, -0.15) is 0 Å². The average molecular weight is 452 g/mol. The summed E-state index contributed by atoms with van der Waals surface area (Å²) in [7, 11) is 3.10. The van der Waals surface area contributed by atoms with Crippen molar-refractivity contribution in [2.75, 3.05) is 37.1 Å². The van der Waals surface area contributed by atoms with Crippen LogP contribution >= 0.6 is 0 Å². The van der Waals surface area contributed by atoms with Gasteiger partial charge in [0, 0.05) is 49.9 Å². The Morgan fingerprint density at radius 2 is 1.76 bits per heavy atom. The Balaban J connectivity index is 1.37. The van der Waals surface area contributed by atoms with E-state index < -0.39 is 5.92 Å². The highest BCUT2D eigenvalue weighted by molar-refractivity contribution is 6.00. The van der Waals surface area contributed by atoms with Gasteiger partial charge in [0.1, 0.15) is 0 Å². The van der Waals surface area contributed by atoms with Crippen LogP contribution < -0.4 is 24.6 Å². The summed E-state index contributed by atoms with van der Waals surface area (Å²) in [5, 5.41) is 2.95. The number of nitrogens with one attached hydrogen (secondary N) is 1. The van der Waals surface area contributed by atoms with Gasteiger partial charge in [-0.15, -0.1) is 0 Å². The molecule has 0 bridgehead atoms. The molecule has 2 aromatic carbocycles. The fourth-order valence-electron chi connectivity index (χ4n) is 4.37. The molecule has 2 aliphatic heterocycles. The molecule has 4 rings (SSSR count). The molecule has 8 heteroatoms. The van der Waals surface area contributed by atoms with Crippen LogP contribution in [0.4, 0.5) is 11.4 Å². The van der Waals surface area contributed by atoms with Crippen LogP contribution in [0.25, 0.3) is 0 Å². The highest BCUT2D eigenvalue weighted by atomic mass is 16.5. The van der Waals surface area contributed by atoms with Crippen molar-refractivity contribution in [3.63, 3.8) is 0 Å². The molecule has 0 aliphatic carbocycles. The van der Waals surface area contributed by atoms with Gasteiger partial charge in [-0.05, 0) is 42.7 Å². The quantitative estimate of drug-likeness (QED) is 0.699. The number of piperidine rings is 1. The number of hydrogen-bond donors (Lipinski definition) is 1. The summed E-state index contributed by atoms with van der Waals surface area (Å²) in [5.41, 5.74) is 2.45. The Kier molecular flexibility index (Phi) is 6.82. The van der Waals surface area contributed by atoms with E-state index in [1.54, 1.807) is 37.3 Å². The molecule has 1 N–H and O–H groups in total. The summed E-state index contributed by atoms with van der Waals surface area (Å²) in [4.78, 5) is 41.0. The Labute approximate surface area is 193 Å². The Morgan fingerprint density at radius 3 is 2.52 bits per heavy atom. The fourth-order valence-corrected chi connectivity index (χ4v) is 4.37. The molecule has 33 heavy (non-hydrogen) atoms. The molecule has 2 saturated heterocycles.